The monoisotopic (exact) mass is 170 g/mol. The first-order chi connectivity index (χ1) is 5.45. The molecule has 0 spiro atoms. The summed E-state index contributed by atoms with van der Waals surface area (Å²) in [7, 11) is 0. The molecule has 0 rings (SSSR count). The van der Waals surface area contributed by atoms with E-state index in [-0.39, 0.29) is 17.5 Å². The first-order valence-electron chi connectivity index (χ1n) is 4.52. The Kier molecular flexibility index (Phi) is 4.79. The van der Waals surface area contributed by atoms with E-state index in [0.29, 0.717) is 12.3 Å². The van der Waals surface area contributed by atoms with Crippen molar-refractivity contribution in [3.8, 4) is 0 Å². The van der Waals surface area contributed by atoms with Gasteiger partial charge in [-0.3, -0.25) is 9.59 Å². The van der Waals surface area contributed by atoms with Crippen LogP contribution in [0.5, 0.6) is 0 Å². The molecular formula is C10H18O2. The first kappa shape index (κ1) is 11.3. The predicted octanol–water partition coefficient (Wildman–Crippen LogP) is 2.22. The Bertz CT molecular complexity index is 169. The van der Waals surface area contributed by atoms with Gasteiger partial charge in [-0.25, -0.2) is 0 Å². The van der Waals surface area contributed by atoms with Gasteiger partial charge < -0.3 is 0 Å². The average Bonchev–Trinajstić information content (AvgIpc) is 1.98. The molecule has 0 aromatic rings. The van der Waals surface area contributed by atoms with Gasteiger partial charge in [-0.1, -0.05) is 27.7 Å². The number of rotatable bonds is 5. The molecule has 2 heteroatoms. The van der Waals surface area contributed by atoms with Crippen molar-refractivity contribution in [3.05, 3.63) is 0 Å². The van der Waals surface area contributed by atoms with E-state index in [2.05, 4.69) is 0 Å². The summed E-state index contributed by atoms with van der Waals surface area (Å²) in [5.74, 6) is -0.0899. The SMILES string of the molecule is CC(C)CCC(=O)C(=O)C(C)C. The summed E-state index contributed by atoms with van der Waals surface area (Å²) in [6.45, 7) is 7.62. The maximum absolute atomic E-state index is 11.1. The molecular weight excluding hydrogens is 152 g/mol. The normalized spacial score (nSPS) is 10.8. The molecule has 0 aliphatic carbocycles. The van der Waals surface area contributed by atoms with Gasteiger partial charge in [0.1, 0.15) is 0 Å². The van der Waals surface area contributed by atoms with Crippen LogP contribution < -0.4 is 0 Å². The fraction of sp³-hybridized carbons (Fsp3) is 0.800. The van der Waals surface area contributed by atoms with Crippen molar-refractivity contribution in [3.63, 3.8) is 0 Å². The molecule has 0 atom stereocenters. The Hall–Kier alpha value is -0.660. The van der Waals surface area contributed by atoms with Crippen molar-refractivity contribution in [2.45, 2.75) is 40.5 Å². The minimum atomic E-state index is -0.226. The number of ketones is 2. The Morgan fingerprint density at radius 3 is 1.92 bits per heavy atom. The third kappa shape index (κ3) is 4.27. The van der Waals surface area contributed by atoms with Crippen molar-refractivity contribution in [1.29, 1.82) is 0 Å². The van der Waals surface area contributed by atoms with Crippen LogP contribution in [0.15, 0.2) is 0 Å². The molecule has 0 fully saturated rings. The lowest BCUT2D eigenvalue weighted by atomic mass is 9.99. The molecule has 0 unspecified atom stereocenters. The highest BCUT2D eigenvalue weighted by atomic mass is 16.2. The van der Waals surface area contributed by atoms with Gasteiger partial charge in [-0.15, -0.1) is 0 Å². The second kappa shape index (κ2) is 5.07. The van der Waals surface area contributed by atoms with Crippen molar-refractivity contribution >= 4 is 11.6 Å². The molecule has 0 bridgehead atoms. The van der Waals surface area contributed by atoms with Crippen LogP contribution >= 0.6 is 0 Å². The highest BCUT2D eigenvalue weighted by Crippen LogP contribution is 2.06. The molecule has 0 aliphatic rings. The second-order valence-electron chi connectivity index (χ2n) is 3.87. The molecule has 0 aromatic carbocycles. The molecule has 0 N–H and O–H groups in total. The molecule has 0 aliphatic heterocycles. The Labute approximate surface area is 74.3 Å². The summed E-state index contributed by atoms with van der Waals surface area (Å²) in [5.41, 5.74) is 0. The minimum Gasteiger partial charge on any atom is -0.291 e. The quantitative estimate of drug-likeness (QED) is 0.593. The highest BCUT2D eigenvalue weighted by molar-refractivity contribution is 6.37. The number of carbonyl (C=O) groups is 2. The van der Waals surface area contributed by atoms with E-state index in [1.165, 1.54) is 0 Å². The van der Waals surface area contributed by atoms with Crippen LogP contribution in [0.25, 0.3) is 0 Å². The second-order valence-corrected chi connectivity index (χ2v) is 3.87. The summed E-state index contributed by atoms with van der Waals surface area (Å²) < 4.78 is 0. The molecule has 0 heterocycles. The zero-order valence-corrected chi connectivity index (χ0v) is 8.39. The van der Waals surface area contributed by atoms with E-state index in [1.807, 2.05) is 13.8 Å². The lowest BCUT2D eigenvalue weighted by molar-refractivity contribution is -0.138. The van der Waals surface area contributed by atoms with E-state index < -0.39 is 0 Å². The van der Waals surface area contributed by atoms with Crippen LogP contribution in [-0.2, 0) is 9.59 Å². The highest BCUT2D eigenvalue weighted by Gasteiger charge is 2.16. The molecule has 0 radical (unpaired) electrons. The number of hydrogen-bond acceptors (Lipinski definition) is 2. The molecule has 0 amide bonds. The molecule has 0 saturated heterocycles. The topological polar surface area (TPSA) is 34.1 Å². The fourth-order valence-electron chi connectivity index (χ4n) is 0.865. The minimum absolute atomic E-state index is 0.148. The number of hydrogen-bond donors (Lipinski definition) is 0. The summed E-state index contributed by atoms with van der Waals surface area (Å²) >= 11 is 0. The maximum Gasteiger partial charge on any atom is 0.200 e. The van der Waals surface area contributed by atoms with Crippen LogP contribution in [0, 0.1) is 11.8 Å². The van der Waals surface area contributed by atoms with Crippen molar-refractivity contribution in [2.75, 3.05) is 0 Å². The van der Waals surface area contributed by atoms with E-state index >= 15 is 0 Å². The lowest BCUT2D eigenvalue weighted by Crippen LogP contribution is -2.19. The van der Waals surface area contributed by atoms with Crippen molar-refractivity contribution in [1.82, 2.24) is 0 Å². The summed E-state index contributed by atoms with van der Waals surface area (Å²) in [6, 6.07) is 0. The van der Waals surface area contributed by atoms with Crippen LogP contribution in [0.3, 0.4) is 0 Å². The van der Waals surface area contributed by atoms with Crippen molar-refractivity contribution in [2.24, 2.45) is 11.8 Å². The first-order valence-corrected chi connectivity index (χ1v) is 4.52. The zero-order chi connectivity index (χ0) is 9.72. The van der Waals surface area contributed by atoms with Crippen LogP contribution in [0.2, 0.25) is 0 Å². The van der Waals surface area contributed by atoms with Gasteiger partial charge in [-0.2, -0.15) is 0 Å². The number of Topliss-reactive ketones (excluding diaryl/α,β-unsaturated/α-hetero) is 2. The predicted molar refractivity (Wildman–Crippen MR) is 48.9 cm³/mol. The van der Waals surface area contributed by atoms with Crippen molar-refractivity contribution < 1.29 is 9.59 Å². The van der Waals surface area contributed by atoms with E-state index in [0.717, 1.165) is 6.42 Å². The largest absolute Gasteiger partial charge is 0.291 e. The molecule has 70 valence electrons. The zero-order valence-electron chi connectivity index (χ0n) is 8.39. The van der Waals surface area contributed by atoms with Gasteiger partial charge in [0.2, 0.25) is 5.78 Å². The van der Waals surface area contributed by atoms with Gasteiger partial charge >= 0.3 is 0 Å². The Balaban J connectivity index is 3.81. The van der Waals surface area contributed by atoms with Gasteiger partial charge in [0.15, 0.2) is 5.78 Å². The van der Waals surface area contributed by atoms with E-state index in [1.54, 1.807) is 13.8 Å². The van der Waals surface area contributed by atoms with Gasteiger partial charge in [0.05, 0.1) is 0 Å². The Morgan fingerprint density at radius 1 is 1.08 bits per heavy atom. The van der Waals surface area contributed by atoms with Gasteiger partial charge in [-0.05, 0) is 12.3 Å². The van der Waals surface area contributed by atoms with E-state index in [9.17, 15) is 9.59 Å². The molecule has 0 aromatic heterocycles. The van der Waals surface area contributed by atoms with Gasteiger partial charge in [0.25, 0.3) is 0 Å². The Morgan fingerprint density at radius 2 is 1.58 bits per heavy atom. The summed E-state index contributed by atoms with van der Waals surface area (Å²) in [4.78, 5) is 22.2. The summed E-state index contributed by atoms with van der Waals surface area (Å²) in [6.07, 6.45) is 1.23. The fourth-order valence-corrected chi connectivity index (χ4v) is 0.865. The molecule has 2 nitrogen and oxygen atoms in total. The molecule has 12 heavy (non-hydrogen) atoms. The number of carbonyl (C=O) groups excluding carboxylic acids is 2. The third-order valence-corrected chi connectivity index (χ3v) is 1.75. The third-order valence-electron chi connectivity index (χ3n) is 1.75. The van der Waals surface area contributed by atoms with Crippen LogP contribution in [-0.4, -0.2) is 11.6 Å². The van der Waals surface area contributed by atoms with E-state index in [4.69, 9.17) is 0 Å². The lowest BCUT2D eigenvalue weighted by Gasteiger charge is -2.04. The average molecular weight is 170 g/mol. The maximum atomic E-state index is 11.1. The summed E-state index contributed by atoms with van der Waals surface area (Å²) in [5, 5.41) is 0. The van der Waals surface area contributed by atoms with Crippen LogP contribution in [0.4, 0.5) is 0 Å². The smallest absolute Gasteiger partial charge is 0.200 e. The molecule has 0 saturated carbocycles. The standard InChI is InChI=1S/C10H18O2/c1-7(2)5-6-9(11)10(12)8(3)4/h7-8H,5-6H2,1-4H3. The van der Waals surface area contributed by atoms with Crippen LogP contribution in [0.1, 0.15) is 40.5 Å². The van der Waals surface area contributed by atoms with Gasteiger partial charge in [0, 0.05) is 12.3 Å².